The van der Waals surface area contributed by atoms with Gasteiger partial charge in [0.05, 0.1) is 0 Å². The second-order valence-corrected chi connectivity index (χ2v) is 5.50. The number of nitrogens with zero attached hydrogens (tertiary/aromatic N) is 3. The first-order chi connectivity index (χ1) is 10.8. The fraction of sp³-hybridized carbons (Fsp3) is 0.278. The number of piperidine rings is 1. The normalized spacial score (nSPS) is 18.5. The predicted octanol–water partition coefficient (Wildman–Crippen LogP) is 2.90. The van der Waals surface area contributed by atoms with Crippen molar-refractivity contribution in [3.05, 3.63) is 66.3 Å². The maximum atomic E-state index is 12.4. The molecule has 2 heterocycles. The molecule has 1 aliphatic rings. The molecule has 1 fully saturated rings. The zero-order valence-electron chi connectivity index (χ0n) is 12.4. The third kappa shape index (κ3) is 3.58. The van der Waals surface area contributed by atoms with Crippen LogP contribution in [0, 0.1) is 0 Å². The van der Waals surface area contributed by atoms with Gasteiger partial charge in [-0.2, -0.15) is 0 Å². The lowest BCUT2D eigenvalue weighted by Gasteiger charge is -2.31. The second kappa shape index (κ2) is 6.98. The first-order valence-corrected chi connectivity index (χ1v) is 7.61. The monoisotopic (exact) mass is 293 g/mol. The Hall–Kier alpha value is -2.49. The van der Waals surface area contributed by atoms with Gasteiger partial charge < -0.3 is 4.90 Å². The molecule has 1 atom stereocenters. The maximum Gasteiger partial charge on any atom is 0.246 e. The van der Waals surface area contributed by atoms with Crippen LogP contribution in [0.25, 0.3) is 6.08 Å². The Kier molecular flexibility index (Phi) is 4.59. The van der Waals surface area contributed by atoms with E-state index in [2.05, 4.69) is 9.97 Å². The predicted molar refractivity (Wildman–Crippen MR) is 86.1 cm³/mol. The Morgan fingerprint density at radius 3 is 2.86 bits per heavy atom. The van der Waals surface area contributed by atoms with Crippen LogP contribution >= 0.6 is 0 Å². The van der Waals surface area contributed by atoms with E-state index in [0.29, 0.717) is 5.92 Å². The van der Waals surface area contributed by atoms with Crippen LogP contribution in [0.3, 0.4) is 0 Å². The van der Waals surface area contributed by atoms with E-state index >= 15 is 0 Å². The largest absolute Gasteiger partial charge is 0.338 e. The minimum Gasteiger partial charge on any atom is -0.338 e. The van der Waals surface area contributed by atoms with E-state index in [-0.39, 0.29) is 5.91 Å². The molecule has 2 aromatic rings. The molecular formula is C18H19N3O. The van der Waals surface area contributed by atoms with Crippen LogP contribution in [0.2, 0.25) is 0 Å². The fourth-order valence-corrected chi connectivity index (χ4v) is 2.80. The van der Waals surface area contributed by atoms with Gasteiger partial charge in [-0.1, -0.05) is 30.3 Å². The van der Waals surface area contributed by atoms with Crippen LogP contribution in [-0.2, 0) is 4.79 Å². The number of hydrogen-bond acceptors (Lipinski definition) is 3. The lowest BCUT2D eigenvalue weighted by Crippen LogP contribution is -2.38. The lowest BCUT2D eigenvalue weighted by molar-refractivity contribution is -0.127. The fourth-order valence-electron chi connectivity index (χ4n) is 2.80. The number of hydrogen-bond donors (Lipinski definition) is 0. The Bertz CT molecular complexity index is 640. The highest BCUT2D eigenvalue weighted by atomic mass is 16.2. The van der Waals surface area contributed by atoms with E-state index in [1.165, 1.54) is 0 Å². The van der Waals surface area contributed by atoms with Gasteiger partial charge in [-0.3, -0.25) is 4.79 Å². The van der Waals surface area contributed by atoms with Crippen molar-refractivity contribution >= 4 is 12.0 Å². The molecule has 3 rings (SSSR count). The van der Waals surface area contributed by atoms with Gasteiger partial charge >= 0.3 is 0 Å². The Morgan fingerprint density at radius 2 is 2.09 bits per heavy atom. The van der Waals surface area contributed by atoms with Gasteiger partial charge in [-0.25, -0.2) is 9.97 Å². The highest BCUT2D eigenvalue weighted by molar-refractivity contribution is 5.91. The zero-order chi connectivity index (χ0) is 15.2. The molecular weight excluding hydrogens is 274 g/mol. The number of rotatable bonds is 3. The van der Waals surface area contributed by atoms with E-state index in [0.717, 1.165) is 37.2 Å². The van der Waals surface area contributed by atoms with Gasteiger partial charge in [0, 0.05) is 37.0 Å². The summed E-state index contributed by atoms with van der Waals surface area (Å²) in [5.41, 5.74) is 2.07. The van der Waals surface area contributed by atoms with Crippen molar-refractivity contribution in [1.82, 2.24) is 14.9 Å². The van der Waals surface area contributed by atoms with E-state index in [4.69, 9.17) is 0 Å². The van der Waals surface area contributed by atoms with Gasteiger partial charge in [-0.05, 0) is 30.5 Å². The summed E-state index contributed by atoms with van der Waals surface area (Å²) in [5.74, 6) is 0.383. The Balaban J connectivity index is 1.64. The molecule has 1 amide bonds. The highest BCUT2D eigenvalue weighted by Crippen LogP contribution is 2.25. The van der Waals surface area contributed by atoms with E-state index < -0.39 is 0 Å². The van der Waals surface area contributed by atoms with Gasteiger partial charge in [0.1, 0.15) is 6.33 Å². The third-order valence-electron chi connectivity index (χ3n) is 3.97. The lowest BCUT2D eigenvalue weighted by atomic mass is 9.94. The van der Waals surface area contributed by atoms with Gasteiger partial charge in [-0.15, -0.1) is 0 Å². The molecule has 22 heavy (non-hydrogen) atoms. The minimum atomic E-state index is 0.0719. The summed E-state index contributed by atoms with van der Waals surface area (Å²) in [6.07, 6.45) is 8.96. The number of likely N-dealkylation sites (tertiary alicyclic amines) is 1. The Labute approximate surface area is 130 Å². The maximum absolute atomic E-state index is 12.4. The molecule has 0 spiro atoms. The van der Waals surface area contributed by atoms with Crippen molar-refractivity contribution in [1.29, 1.82) is 0 Å². The summed E-state index contributed by atoms with van der Waals surface area (Å²) in [7, 11) is 0. The minimum absolute atomic E-state index is 0.0719. The van der Waals surface area contributed by atoms with Crippen LogP contribution in [0.15, 0.2) is 55.0 Å². The molecule has 0 N–H and O–H groups in total. The SMILES string of the molecule is O=C(/C=C/c1ccccc1)N1CCCC(c2ccncn2)C1. The number of amides is 1. The van der Waals surface area contributed by atoms with E-state index in [1.807, 2.05) is 47.4 Å². The molecule has 0 bridgehead atoms. The van der Waals surface area contributed by atoms with Crippen LogP contribution in [0.4, 0.5) is 0 Å². The third-order valence-corrected chi connectivity index (χ3v) is 3.97. The van der Waals surface area contributed by atoms with Gasteiger partial charge in [0.15, 0.2) is 0 Å². The standard InChI is InChI=1S/C18H19N3O/c22-18(9-8-15-5-2-1-3-6-15)21-12-4-7-16(13-21)17-10-11-19-14-20-17/h1-3,5-6,8-11,14,16H,4,7,12-13H2/b9-8+. The zero-order valence-corrected chi connectivity index (χ0v) is 12.4. The first kappa shape index (κ1) is 14.4. The molecule has 0 aliphatic carbocycles. The molecule has 1 unspecified atom stereocenters. The number of carbonyl (C=O) groups is 1. The molecule has 4 nitrogen and oxygen atoms in total. The summed E-state index contributed by atoms with van der Waals surface area (Å²) in [6, 6.07) is 11.8. The quantitative estimate of drug-likeness (QED) is 0.817. The van der Waals surface area contributed by atoms with Crippen molar-refractivity contribution in [2.45, 2.75) is 18.8 Å². The van der Waals surface area contributed by atoms with Crippen LogP contribution in [0.5, 0.6) is 0 Å². The van der Waals surface area contributed by atoms with Crippen molar-refractivity contribution in [3.63, 3.8) is 0 Å². The van der Waals surface area contributed by atoms with E-state index in [1.54, 1.807) is 18.6 Å². The summed E-state index contributed by atoms with van der Waals surface area (Å²) < 4.78 is 0. The van der Waals surface area contributed by atoms with Crippen molar-refractivity contribution in [2.24, 2.45) is 0 Å². The summed E-state index contributed by atoms with van der Waals surface area (Å²) >= 11 is 0. The molecule has 0 saturated carbocycles. The summed E-state index contributed by atoms with van der Waals surface area (Å²) in [6.45, 7) is 1.55. The Morgan fingerprint density at radius 1 is 1.23 bits per heavy atom. The molecule has 112 valence electrons. The molecule has 1 aliphatic heterocycles. The van der Waals surface area contributed by atoms with E-state index in [9.17, 15) is 4.79 Å². The van der Waals surface area contributed by atoms with Crippen LogP contribution < -0.4 is 0 Å². The van der Waals surface area contributed by atoms with Crippen molar-refractivity contribution in [3.8, 4) is 0 Å². The van der Waals surface area contributed by atoms with Crippen molar-refractivity contribution in [2.75, 3.05) is 13.1 Å². The van der Waals surface area contributed by atoms with Gasteiger partial charge in [0.2, 0.25) is 5.91 Å². The number of benzene rings is 1. The topological polar surface area (TPSA) is 46.1 Å². The molecule has 4 heteroatoms. The van der Waals surface area contributed by atoms with Crippen molar-refractivity contribution < 1.29 is 4.79 Å². The molecule has 0 radical (unpaired) electrons. The highest BCUT2D eigenvalue weighted by Gasteiger charge is 2.24. The van der Waals surface area contributed by atoms with Crippen LogP contribution in [-0.4, -0.2) is 33.9 Å². The van der Waals surface area contributed by atoms with Crippen LogP contribution in [0.1, 0.15) is 30.0 Å². The smallest absolute Gasteiger partial charge is 0.246 e. The number of aromatic nitrogens is 2. The molecule has 1 aromatic carbocycles. The summed E-state index contributed by atoms with van der Waals surface area (Å²) in [4.78, 5) is 22.5. The molecule has 1 aromatic heterocycles. The second-order valence-electron chi connectivity index (χ2n) is 5.50. The number of carbonyl (C=O) groups excluding carboxylic acids is 1. The average Bonchev–Trinajstić information content (AvgIpc) is 2.61. The molecule has 1 saturated heterocycles. The first-order valence-electron chi connectivity index (χ1n) is 7.61. The van der Waals surface area contributed by atoms with Gasteiger partial charge in [0.25, 0.3) is 0 Å². The average molecular weight is 293 g/mol. The summed E-state index contributed by atoms with van der Waals surface area (Å²) in [5, 5.41) is 0.